The highest BCUT2D eigenvalue weighted by molar-refractivity contribution is 9.10. The number of aliphatic hydroxyl groups excluding tert-OH is 1. The summed E-state index contributed by atoms with van der Waals surface area (Å²) in [6, 6.07) is 8.07. The minimum absolute atomic E-state index is 0.286. The molecule has 0 aliphatic heterocycles. The van der Waals surface area contributed by atoms with E-state index in [1.807, 2.05) is 24.3 Å². The van der Waals surface area contributed by atoms with Gasteiger partial charge in [-0.3, -0.25) is 0 Å². The highest BCUT2D eigenvalue weighted by Crippen LogP contribution is 2.15. The van der Waals surface area contributed by atoms with Gasteiger partial charge in [0, 0.05) is 18.2 Å². The number of methoxy groups -OCH3 is 1. The van der Waals surface area contributed by atoms with Crippen LogP contribution in [0.25, 0.3) is 0 Å². The fourth-order valence-corrected chi connectivity index (χ4v) is 2.06. The Kier molecular flexibility index (Phi) is 6.03. The van der Waals surface area contributed by atoms with Gasteiger partial charge in [0.05, 0.1) is 6.10 Å². The van der Waals surface area contributed by atoms with Crippen LogP contribution in [0.2, 0.25) is 0 Å². The van der Waals surface area contributed by atoms with Gasteiger partial charge in [-0.25, -0.2) is 0 Å². The van der Waals surface area contributed by atoms with Gasteiger partial charge in [-0.15, -0.1) is 0 Å². The van der Waals surface area contributed by atoms with Crippen LogP contribution in [-0.2, 0) is 11.2 Å². The second-order valence-electron chi connectivity index (χ2n) is 4.28. The molecule has 0 aliphatic carbocycles. The maximum atomic E-state index is 9.90. The van der Waals surface area contributed by atoms with Crippen molar-refractivity contribution in [1.29, 1.82) is 0 Å². The van der Waals surface area contributed by atoms with Crippen LogP contribution in [0, 0.1) is 5.92 Å². The van der Waals surface area contributed by atoms with Crippen molar-refractivity contribution >= 4 is 15.9 Å². The van der Waals surface area contributed by atoms with Crippen LogP contribution in [0.15, 0.2) is 28.7 Å². The average Bonchev–Trinajstić information content (AvgIpc) is 2.21. The Morgan fingerprint density at radius 1 is 1.31 bits per heavy atom. The van der Waals surface area contributed by atoms with Gasteiger partial charge >= 0.3 is 0 Å². The van der Waals surface area contributed by atoms with Gasteiger partial charge in [-0.05, 0) is 36.5 Å². The first-order valence-corrected chi connectivity index (χ1v) is 6.32. The third kappa shape index (κ3) is 5.10. The average molecular weight is 287 g/mol. The Labute approximate surface area is 106 Å². The summed E-state index contributed by atoms with van der Waals surface area (Å²) < 4.78 is 6.12. The summed E-state index contributed by atoms with van der Waals surface area (Å²) in [5.74, 6) is 0.399. The van der Waals surface area contributed by atoms with Gasteiger partial charge in [0.2, 0.25) is 0 Å². The van der Waals surface area contributed by atoms with Crippen LogP contribution in [0.3, 0.4) is 0 Å². The Hall–Kier alpha value is -0.380. The van der Waals surface area contributed by atoms with Crippen molar-refractivity contribution in [1.82, 2.24) is 0 Å². The first kappa shape index (κ1) is 13.7. The lowest BCUT2D eigenvalue weighted by Gasteiger charge is -2.15. The molecule has 3 heteroatoms. The molecule has 1 N–H and O–H groups in total. The van der Waals surface area contributed by atoms with Gasteiger partial charge in [0.15, 0.2) is 0 Å². The summed E-state index contributed by atoms with van der Waals surface area (Å²) >= 11 is 3.39. The number of rotatable bonds is 6. The van der Waals surface area contributed by atoms with Crippen molar-refractivity contribution in [3.8, 4) is 0 Å². The van der Waals surface area contributed by atoms with Gasteiger partial charge in [0.1, 0.15) is 0 Å². The van der Waals surface area contributed by atoms with Crippen molar-refractivity contribution in [3.63, 3.8) is 0 Å². The molecule has 0 saturated heterocycles. The second-order valence-corrected chi connectivity index (χ2v) is 5.20. The molecule has 0 heterocycles. The predicted molar refractivity (Wildman–Crippen MR) is 69.5 cm³/mol. The normalized spacial score (nSPS) is 14.8. The molecule has 0 aliphatic rings. The van der Waals surface area contributed by atoms with E-state index in [0.717, 1.165) is 10.9 Å². The Morgan fingerprint density at radius 3 is 2.50 bits per heavy atom. The molecular formula is C13H19BrO2. The zero-order valence-electron chi connectivity index (χ0n) is 9.82. The van der Waals surface area contributed by atoms with Gasteiger partial charge < -0.3 is 9.84 Å². The molecule has 0 fully saturated rings. The minimum atomic E-state index is -0.286. The lowest BCUT2D eigenvalue weighted by molar-refractivity contribution is 0.102. The Balaban J connectivity index is 2.39. The Morgan fingerprint density at radius 2 is 1.94 bits per heavy atom. The van der Waals surface area contributed by atoms with Crippen molar-refractivity contribution in [2.45, 2.75) is 25.9 Å². The number of ether oxygens (including phenoxy) is 1. The maximum absolute atomic E-state index is 9.90. The fraction of sp³-hybridized carbons (Fsp3) is 0.538. The molecule has 0 bridgehead atoms. The van der Waals surface area contributed by atoms with E-state index >= 15 is 0 Å². The van der Waals surface area contributed by atoms with Gasteiger partial charge in [-0.2, -0.15) is 0 Å². The van der Waals surface area contributed by atoms with E-state index in [-0.39, 0.29) is 6.10 Å². The summed E-state index contributed by atoms with van der Waals surface area (Å²) in [5.41, 5.74) is 1.17. The molecule has 1 aromatic carbocycles. The van der Waals surface area contributed by atoms with Crippen molar-refractivity contribution < 1.29 is 9.84 Å². The summed E-state index contributed by atoms with van der Waals surface area (Å²) in [5, 5.41) is 9.90. The number of hydrogen-bond donors (Lipinski definition) is 1. The van der Waals surface area contributed by atoms with Gasteiger partial charge in [0.25, 0.3) is 0 Å². The zero-order valence-corrected chi connectivity index (χ0v) is 11.4. The summed E-state index contributed by atoms with van der Waals surface area (Å²) in [4.78, 5) is 0. The molecule has 90 valence electrons. The topological polar surface area (TPSA) is 29.5 Å². The van der Waals surface area contributed by atoms with E-state index < -0.39 is 0 Å². The van der Waals surface area contributed by atoms with Gasteiger partial charge in [-0.1, -0.05) is 35.0 Å². The van der Waals surface area contributed by atoms with E-state index in [1.165, 1.54) is 5.56 Å². The molecule has 0 amide bonds. The van der Waals surface area contributed by atoms with E-state index in [4.69, 9.17) is 4.74 Å². The highest BCUT2D eigenvalue weighted by Gasteiger charge is 2.10. The number of hydrogen-bond acceptors (Lipinski definition) is 2. The lowest BCUT2D eigenvalue weighted by atomic mass is 9.99. The van der Waals surface area contributed by atoms with Crippen LogP contribution in [0.1, 0.15) is 18.9 Å². The van der Waals surface area contributed by atoms with Crippen molar-refractivity contribution in [3.05, 3.63) is 34.3 Å². The number of aliphatic hydroxyl groups is 1. The highest BCUT2D eigenvalue weighted by atomic mass is 79.9. The van der Waals surface area contributed by atoms with Crippen LogP contribution >= 0.6 is 15.9 Å². The van der Waals surface area contributed by atoms with Crippen molar-refractivity contribution in [2.75, 3.05) is 13.7 Å². The molecule has 2 unspecified atom stereocenters. The number of halogens is 1. The number of benzene rings is 1. The molecule has 1 rings (SSSR count). The molecule has 2 atom stereocenters. The first-order chi connectivity index (χ1) is 7.61. The van der Waals surface area contributed by atoms with Crippen LogP contribution in [0.4, 0.5) is 0 Å². The lowest BCUT2D eigenvalue weighted by Crippen LogP contribution is -2.17. The second kappa shape index (κ2) is 7.05. The largest absolute Gasteiger partial charge is 0.393 e. The van der Waals surface area contributed by atoms with Crippen LogP contribution in [0.5, 0.6) is 0 Å². The summed E-state index contributed by atoms with van der Waals surface area (Å²) in [6.45, 7) is 2.80. The SMILES string of the molecule is COCC(C)CC(O)Cc1ccc(Br)cc1. The molecule has 16 heavy (non-hydrogen) atoms. The van der Waals surface area contributed by atoms with Crippen molar-refractivity contribution in [2.24, 2.45) is 5.92 Å². The third-order valence-electron chi connectivity index (χ3n) is 2.51. The quantitative estimate of drug-likeness (QED) is 0.871. The summed E-state index contributed by atoms with van der Waals surface area (Å²) in [6.07, 6.45) is 1.21. The summed E-state index contributed by atoms with van der Waals surface area (Å²) in [7, 11) is 1.69. The molecule has 1 aromatic rings. The smallest absolute Gasteiger partial charge is 0.0584 e. The maximum Gasteiger partial charge on any atom is 0.0584 e. The van der Waals surface area contributed by atoms with E-state index in [0.29, 0.717) is 18.9 Å². The molecule has 0 radical (unpaired) electrons. The molecule has 2 nitrogen and oxygen atoms in total. The zero-order chi connectivity index (χ0) is 12.0. The molecular weight excluding hydrogens is 268 g/mol. The van der Waals surface area contributed by atoms with Crippen LogP contribution < -0.4 is 0 Å². The molecule has 0 spiro atoms. The van der Waals surface area contributed by atoms with E-state index in [1.54, 1.807) is 7.11 Å². The predicted octanol–water partition coefficient (Wildman–Crippen LogP) is 3.03. The Bertz CT molecular complexity index is 297. The van der Waals surface area contributed by atoms with E-state index in [9.17, 15) is 5.11 Å². The third-order valence-corrected chi connectivity index (χ3v) is 3.04. The first-order valence-electron chi connectivity index (χ1n) is 5.53. The molecule has 0 saturated carbocycles. The van der Waals surface area contributed by atoms with Crippen LogP contribution in [-0.4, -0.2) is 24.9 Å². The minimum Gasteiger partial charge on any atom is -0.393 e. The van der Waals surface area contributed by atoms with E-state index in [2.05, 4.69) is 22.9 Å². The monoisotopic (exact) mass is 286 g/mol. The standard InChI is InChI=1S/C13H19BrO2/c1-10(9-16-2)7-13(15)8-11-3-5-12(14)6-4-11/h3-6,10,13,15H,7-9H2,1-2H3. The molecule has 0 aromatic heterocycles. The fourth-order valence-electron chi connectivity index (χ4n) is 1.79.